The summed E-state index contributed by atoms with van der Waals surface area (Å²) in [6.07, 6.45) is 3.38. The highest BCUT2D eigenvalue weighted by molar-refractivity contribution is 7.09. The fourth-order valence-electron chi connectivity index (χ4n) is 2.48. The van der Waals surface area contributed by atoms with E-state index in [0.29, 0.717) is 12.0 Å². The molecule has 0 aliphatic carbocycles. The highest BCUT2D eigenvalue weighted by Gasteiger charge is 2.23. The van der Waals surface area contributed by atoms with E-state index in [1.807, 2.05) is 0 Å². The van der Waals surface area contributed by atoms with Crippen LogP contribution in [0.2, 0.25) is 0 Å². The number of nitrogens with zero attached hydrogens (tertiary/aromatic N) is 2. The molecule has 0 bridgehead atoms. The predicted molar refractivity (Wildman–Crippen MR) is 72.2 cm³/mol. The minimum absolute atomic E-state index is 0.187. The summed E-state index contributed by atoms with van der Waals surface area (Å²) in [4.78, 5) is 17.5. The van der Waals surface area contributed by atoms with Crippen molar-refractivity contribution in [1.82, 2.24) is 9.88 Å². The minimum Gasteiger partial charge on any atom is -0.476 e. The molecule has 0 amide bonds. The standard InChI is InChI=1S/C13H20N2O2S/c1-9(2)15-5-3-4-10(7-15)6-12-14-11(8-18-12)13(16)17/h8-10H,3-7H2,1-2H3,(H,16,17). The number of hydrogen-bond acceptors (Lipinski definition) is 4. The first-order valence-corrected chi connectivity index (χ1v) is 7.36. The Morgan fingerprint density at radius 3 is 3.06 bits per heavy atom. The number of aromatic nitrogens is 1. The van der Waals surface area contributed by atoms with Crippen LogP contribution in [0.1, 0.15) is 42.2 Å². The lowest BCUT2D eigenvalue weighted by atomic mass is 9.94. The maximum absolute atomic E-state index is 10.8. The van der Waals surface area contributed by atoms with Gasteiger partial charge in [-0.3, -0.25) is 0 Å². The fraction of sp³-hybridized carbons (Fsp3) is 0.692. The first-order chi connectivity index (χ1) is 8.56. The zero-order valence-corrected chi connectivity index (χ0v) is 11.7. The molecule has 1 aliphatic rings. The van der Waals surface area contributed by atoms with Crippen LogP contribution in [-0.2, 0) is 6.42 Å². The molecular weight excluding hydrogens is 248 g/mol. The molecule has 18 heavy (non-hydrogen) atoms. The fourth-order valence-corrected chi connectivity index (χ4v) is 3.37. The van der Waals surface area contributed by atoms with Crippen LogP contribution in [0.4, 0.5) is 0 Å². The minimum atomic E-state index is -0.926. The molecule has 0 radical (unpaired) electrons. The monoisotopic (exact) mass is 268 g/mol. The lowest BCUT2D eigenvalue weighted by Gasteiger charge is -2.35. The maximum atomic E-state index is 10.8. The van der Waals surface area contributed by atoms with Crippen LogP contribution >= 0.6 is 11.3 Å². The Morgan fingerprint density at radius 2 is 2.44 bits per heavy atom. The van der Waals surface area contributed by atoms with Gasteiger partial charge in [0.2, 0.25) is 0 Å². The summed E-state index contributed by atoms with van der Waals surface area (Å²) < 4.78 is 0. The van der Waals surface area contributed by atoms with Crippen LogP contribution in [0.3, 0.4) is 0 Å². The zero-order chi connectivity index (χ0) is 13.1. The summed E-state index contributed by atoms with van der Waals surface area (Å²) in [7, 11) is 0. The largest absolute Gasteiger partial charge is 0.476 e. The molecule has 2 heterocycles. The Bertz CT molecular complexity index is 417. The molecule has 1 N–H and O–H groups in total. The van der Waals surface area contributed by atoms with Crippen LogP contribution in [0.5, 0.6) is 0 Å². The molecule has 1 aromatic heterocycles. The van der Waals surface area contributed by atoms with E-state index in [4.69, 9.17) is 5.11 Å². The number of likely N-dealkylation sites (tertiary alicyclic amines) is 1. The summed E-state index contributed by atoms with van der Waals surface area (Å²) in [5.74, 6) is -0.307. The highest BCUT2D eigenvalue weighted by atomic mass is 32.1. The van der Waals surface area contributed by atoms with Crippen LogP contribution < -0.4 is 0 Å². The molecule has 1 aliphatic heterocycles. The van der Waals surface area contributed by atoms with E-state index >= 15 is 0 Å². The molecule has 100 valence electrons. The van der Waals surface area contributed by atoms with Gasteiger partial charge in [-0.25, -0.2) is 9.78 Å². The van der Waals surface area contributed by atoms with Crippen molar-refractivity contribution in [1.29, 1.82) is 0 Å². The molecule has 0 spiro atoms. The smallest absolute Gasteiger partial charge is 0.355 e. The third-order valence-corrected chi connectivity index (χ3v) is 4.39. The Labute approximate surface area is 112 Å². The first kappa shape index (κ1) is 13.5. The second kappa shape index (κ2) is 5.80. The number of thiazole rings is 1. The maximum Gasteiger partial charge on any atom is 0.355 e. The van der Waals surface area contributed by atoms with Gasteiger partial charge < -0.3 is 10.0 Å². The summed E-state index contributed by atoms with van der Waals surface area (Å²) in [6.45, 7) is 6.76. The van der Waals surface area contributed by atoms with E-state index in [1.165, 1.54) is 30.7 Å². The Morgan fingerprint density at radius 1 is 1.67 bits per heavy atom. The number of hydrogen-bond donors (Lipinski definition) is 1. The van der Waals surface area contributed by atoms with Crippen molar-refractivity contribution >= 4 is 17.3 Å². The molecular formula is C13H20N2O2S. The van der Waals surface area contributed by atoms with Gasteiger partial charge in [-0.1, -0.05) is 0 Å². The molecule has 0 saturated carbocycles. The van der Waals surface area contributed by atoms with E-state index in [0.717, 1.165) is 18.0 Å². The van der Waals surface area contributed by atoms with Gasteiger partial charge in [-0.2, -0.15) is 0 Å². The summed E-state index contributed by atoms with van der Waals surface area (Å²) in [5.41, 5.74) is 0.187. The molecule has 1 aromatic rings. The molecule has 5 heteroatoms. The van der Waals surface area contributed by atoms with Gasteiger partial charge >= 0.3 is 5.97 Å². The van der Waals surface area contributed by atoms with Crippen molar-refractivity contribution in [2.24, 2.45) is 5.92 Å². The average Bonchev–Trinajstić information content (AvgIpc) is 2.78. The van der Waals surface area contributed by atoms with Crippen molar-refractivity contribution < 1.29 is 9.90 Å². The van der Waals surface area contributed by atoms with Crippen molar-refractivity contribution in [3.05, 3.63) is 16.1 Å². The van der Waals surface area contributed by atoms with E-state index in [1.54, 1.807) is 5.38 Å². The molecule has 1 fully saturated rings. The highest BCUT2D eigenvalue weighted by Crippen LogP contribution is 2.23. The van der Waals surface area contributed by atoms with E-state index in [-0.39, 0.29) is 5.69 Å². The van der Waals surface area contributed by atoms with Gasteiger partial charge in [0, 0.05) is 24.4 Å². The predicted octanol–water partition coefficient (Wildman–Crippen LogP) is 2.50. The first-order valence-electron chi connectivity index (χ1n) is 6.48. The van der Waals surface area contributed by atoms with E-state index < -0.39 is 5.97 Å². The zero-order valence-electron chi connectivity index (χ0n) is 10.9. The summed E-state index contributed by atoms with van der Waals surface area (Å²) in [5, 5.41) is 11.5. The van der Waals surface area contributed by atoms with Crippen LogP contribution in [-0.4, -0.2) is 40.1 Å². The number of carboxylic acid groups (broad SMARTS) is 1. The molecule has 1 atom stereocenters. The lowest BCUT2D eigenvalue weighted by Crippen LogP contribution is -2.40. The average molecular weight is 268 g/mol. The van der Waals surface area contributed by atoms with Crippen LogP contribution in [0.25, 0.3) is 0 Å². The third kappa shape index (κ3) is 3.29. The topological polar surface area (TPSA) is 53.4 Å². The van der Waals surface area contributed by atoms with Gasteiger partial charge in [0.05, 0.1) is 5.01 Å². The molecule has 0 aromatic carbocycles. The van der Waals surface area contributed by atoms with Crippen molar-refractivity contribution in [3.63, 3.8) is 0 Å². The van der Waals surface area contributed by atoms with Crippen molar-refractivity contribution in [3.8, 4) is 0 Å². The Kier molecular flexibility index (Phi) is 4.35. The number of carboxylic acids is 1. The number of aromatic carboxylic acids is 1. The SMILES string of the molecule is CC(C)N1CCCC(Cc2nc(C(=O)O)cs2)C1. The summed E-state index contributed by atoms with van der Waals surface area (Å²) in [6, 6.07) is 0.596. The van der Waals surface area contributed by atoms with E-state index in [2.05, 4.69) is 23.7 Å². The van der Waals surface area contributed by atoms with Gasteiger partial charge in [-0.05, 0) is 39.2 Å². The Hall–Kier alpha value is -0.940. The number of piperidine rings is 1. The van der Waals surface area contributed by atoms with E-state index in [9.17, 15) is 4.79 Å². The molecule has 2 rings (SSSR count). The van der Waals surface area contributed by atoms with Gasteiger partial charge in [0.25, 0.3) is 0 Å². The molecule has 1 unspecified atom stereocenters. The van der Waals surface area contributed by atoms with Gasteiger partial charge in [-0.15, -0.1) is 11.3 Å². The van der Waals surface area contributed by atoms with Crippen LogP contribution in [0.15, 0.2) is 5.38 Å². The van der Waals surface area contributed by atoms with Crippen molar-refractivity contribution in [2.45, 2.75) is 39.2 Å². The second-order valence-electron chi connectivity index (χ2n) is 5.23. The number of carbonyl (C=O) groups is 1. The lowest BCUT2D eigenvalue weighted by molar-refractivity contribution is 0.0691. The normalized spacial score (nSPS) is 21.4. The van der Waals surface area contributed by atoms with Gasteiger partial charge in [0.1, 0.15) is 0 Å². The number of rotatable bonds is 4. The van der Waals surface area contributed by atoms with Crippen molar-refractivity contribution in [2.75, 3.05) is 13.1 Å². The van der Waals surface area contributed by atoms with Gasteiger partial charge in [0.15, 0.2) is 5.69 Å². The molecule has 1 saturated heterocycles. The molecule has 4 nitrogen and oxygen atoms in total. The quantitative estimate of drug-likeness (QED) is 0.911. The Balaban J connectivity index is 1.94. The third-order valence-electron chi connectivity index (χ3n) is 3.51. The second-order valence-corrected chi connectivity index (χ2v) is 6.18. The summed E-state index contributed by atoms with van der Waals surface area (Å²) >= 11 is 1.47. The van der Waals surface area contributed by atoms with Crippen LogP contribution in [0, 0.1) is 5.92 Å².